The maximum Gasteiger partial charge on any atom is 0.446 e. The summed E-state index contributed by atoms with van der Waals surface area (Å²) in [7, 11) is 0. The van der Waals surface area contributed by atoms with Gasteiger partial charge < -0.3 is 0 Å². The van der Waals surface area contributed by atoms with Crippen LogP contribution in [0.2, 0.25) is 0 Å². The molecule has 1 unspecified atom stereocenters. The third kappa shape index (κ3) is 4.19. The molecule has 1 atom stereocenters. The summed E-state index contributed by atoms with van der Waals surface area (Å²) >= 11 is 8.28. The molecule has 1 aromatic rings. The van der Waals surface area contributed by atoms with E-state index in [-0.39, 0.29) is 26.7 Å². The summed E-state index contributed by atoms with van der Waals surface area (Å²) in [5, 5.41) is -0.864. The number of hydrogen-bond donors (Lipinski definition) is 0. The molecule has 0 aliphatic rings. The molecule has 0 heterocycles. The van der Waals surface area contributed by atoms with E-state index < -0.39 is 16.7 Å². The van der Waals surface area contributed by atoms with E-state index in [1.165, 1.54) is 25.1 Å². The number of thioether (sulfide) groups is 1. The number of benzene rings is 1. The van der Waals surface area contributed by atoms with Crippen LogP contribution in [0.25, 0.3) is 0 Å². The molecule has 17 heavy (non-hydrogen) atoms. The lowest BCUT2D eigenvalue weighted by atomic mass is 10.1. The number of rotatable bonds is 3. The van der Waals surface area contributed by atoms with Crippen LogP contribution in [0, 0.1) is 0 Å². The van der Waals surface area contributed by atoms with Gasteiger partial charge in [-0.25, -0.2) is 0 Å². The molecule has 0 bridgehead atoms. The second-order valence-corrected chi connectivity index (χ2v) is 5.73. The van der Waals surface area contributed by atoms with E-state index in [1.54, 1.807) is 0 Å². The Morgan fingerprint density at radius 3 is 2.53 bits per heavy atom. The zero-order valence-corrected chi connectivity index (χ0v) is 11.7. The molecule has 7 heteroatoms. The smallest absolute Gasteiger partial charge is 0.292 e. The first kappa shape index (κ1) is 14.9. The number of halogens is 5. The molecule has 0 radical (unpaired) electrons. The first-order valence-corrected chi connectivity index (χ1v) is 6.49. The van der Waals surface area contributed by atoms with Gasteiger partial charge in [-0.1, -0.05) is 12.1 Å². The highest BCUT2D eigenvalue weighted by Crippen LogP contribution is 2.42. The average molecular weight is 348 g/mol. The SMILES string of the molecule is CC(Cl)C(=O)c1cccc(Br)c1SC(F)(F)F. The highest BCUT2D eigenvalue weighted by atomic mass is 79.9. The predicted molar refractivity (Wildman–Crippen MR) is 65.7 cm³/mol. The Kier molecular flexibility index (Phi) is 4.92. The summed E-state index contributed by atoms with van der Waals surface area (Å²) < 4.78 is 37.3. The van der Waals surface area contributed by atoms with Gasteiger partial charge >= 0.3 is 5.51 Å². The fourth-order valence-corrected chi connectivity index (χ4v) is 2.54. The summed E-state index contributed by atoms with van der Waals surface area (Å²) in [4.78, 5) is 11.5. The van der Waals surface area contributed by atoms with Gasteiger partial charge in [0.15, 0.2) is 5.78 Å². The summed E-state index contributed by atoms with van der Waals surface area (Å²) in [5.41, 5.74) is -4.47. The third-order valence-corrected chi connectivity index (χ3v) is 3.81. The lowest BCUT2D eigenvalue weighted by molar-refractivity contribution is -0.0328. The predicted octanol–water partition coefficient (Wildman–Crippen LogP) is 4.87. The molecule has 94 valence electrons. The van der Waals surface area contributed by atoms with Gasteiger partial charge in [0.25, 0.3) is 0 Å². The number of Topliss-reactive ketones (excluding diaryl/α,β-unsaturated/α-hetero) is 1. The van der Waals surface area contributed by atoms with Crippen molar-refractivity contribution in [2.24, 2.45) is 0 Å². The van der Waals surface area contributed by atoms with Crippen molar-refractivity contribution in [2.75, 3.05) is 0 Å². The molecule has 0 aromatic heterocycles. The highest BCUT2D eigenvalue weighted by molar-refractivity contribution is 9.10. The van der Waals surface area contributed by atoms with Crippen molar-refractivity contribution in [3.8, 4) is 0 Å². The van der Waals surface area contributed by atoms with E-state index in [9.17, 15) is 18.0 Å². The summed E-state index contributed by atoms with van der Waals surface area (Å²) in [6.45, 7) is 1.42. The quantitative estimate of drug-likeness (QED) is 0.441. The van der Waals surface area contributed by atoms with Crippen LogP contribution in [0.15, 0.2) is 27.6 Å². The molecule has 0 spiro atoms. The second-order valence-electron chi connectivity index (χ2n) is 3.14. The monoisotopic (exact) mass is 346 g/mol. The molecule has 0 aliphatic carbocycles. The maximum absolute atomic E-state index is 12.4. The summed E-state index contributed by atoms with van der Waals surface area (Å²) in [5.74, 6) is -0.528. The van der Waals surface area contributed by atoms with Gasteiger partial charge in [0.2, 0.25) is 0 Å². The van der Waals surface area contributed by atoms with Crippen LogP contribution in [0.4, 0.5) is 13.2 Å². The van der Waals surface area contributed by atoms with Crippen molar-refractivity contribution in [1.29, 1.82) is 0 Å². The molecule has 0 saturated heterocycles. The van der Waals surface area contributed by atoms with Crippen LogP contribution < -0.4 is 0 Å². The summed E-state index contributed by atoms with van der Waals surface area (Å²) in [6, 6.07) is 4.28. The molecule has 0 amide bonds. The van der Waals surface area contributed by atoms with Crippen molar-refractivity contribution in [3.63, 3.8) is 0 Å². The molecule has 0 saturated carbocycles. The summed E-state index contributed by atoms with van der Waals surface area (Å²) in [6.07, 6.45) is 0. The second kappa shape index (κ2) is 5.63. The first-order valence-electron chi connectivity index (χ1n) is 4.45. The number of carbonyl (C=O) groups excluding carboxylic acids is 1. The van der Waals surface area contributed by atoms with E-state index in [0.717, 1.165) is 0 Å². The van der Waals surface area contributed by atoms with E-state index >= 15 is 0 Å². The topological polar surface area (TPSA) is 17.1 Å². The minimum atomic E-state index is -4.45. The first-order chi connectivity index (χ1) is 7.72. The molecule has 1 nitrogen and oxygen atoms in total. The number of alkyl halides is 4. The lowest BCUT2D eigenvalue weighted by Crippen LogP contribution is -2.13. The zero-order chi connectivity index (χ0) is 13.2. The van der Waals surface area contributed by atoms with Crippen LogP contribution in [0.1, 0.15) is 17.3 Å². The van der Waals surface area contributed by atoms with Gasteiger partial charge in [-0.15, -0.1) is 11.6 Å². The van der Waals surface area contributed by atoms with Gasteiger partial charge in [-0.2, -0.15) is 13.2 Å². The zero-order valence-electron chi connectivity index (χ0n) is 8.52. The Morgan fingerprint density at radius 1 is 1.47 bits per heavy atom. The molecule has 0 aliphatic heterocycles. The van der Waals surface area contributed by atoms with Crippen LogP contribution in [0.3, 0.4) is 0 Å². The Bertz CT molecular complexity index is 434. The minimum absolute atomic E-state index is 0.0239. The molecule has 0 N–H and O–H groups in total. The van der Waals surface area contributed by atoms with Crippen molar-refractivity contribution >= 4 is 45.1 Å². The maximum atomic E-state index is 12.4. The molecule has 1 rings (SSSR count). The van der Waals surface area contributed by atoms with E-state index in [0.29, 0.717) is 0 Å². The standard InChI is InChI=1S/C10H7BrClF3OS/c1-5(12)8(16)6-3-2-4-7(11)9(6)17-10(13,14)15/h2-5H,1H3. The number of carbonyl (C=O) groups is 1. The van der Waals surface area contributed by atoms with Crippen LogP contribution in [-0.2, 0) is 0 Å². The van der Waals surface area contributed by atoms with Crippen molar-refractivity contribution in [1.82, 2.24) is 0 Å². The Balaban J connectivity index is 3.22. The third-order valence-electron chi connectivity index (χ3n) is 1.81. The number of hydrogen-bond acceptors (Lipinski definition) is 2. The van der Waals surface area contributed by atoms with E-state index in [4.69, 9.17) is 11.6 Å². The fourth-order valence-electron chi connectivity index (χ4n) is 1.14. The molecule has 1 aromatic carbocycles. The van der Waals surface area contributed by atoms with Crippen molar-refractivity contribution < 1.29 is 18.0 Å². The van der Waals surface area contributed by atoms with Gasteiger partial charge in [0.05, 0.1) is 5.38 Å². The molecular formula is C10H7BrClF3OS. The Hall–Kier alpha value is -0.200. The Morgan fingerprint density at radius 2 is 2.06 bits per heavy atom. The average Bonchev–Trinajstić information content (AvgIpc) is 2.18. The van der Waals surface area contributed by atoms with E-state index in [1.807, 2.05) is 0 Å². The van der Waals surface area contributed by atoms with Gasteiger partial charge in [0, 0.05) is 14.9 Å². The van der Waals surface area contributed by atoms with Crippen LogP contribution >= 0.6 is 39.3 Å². The van der Waals surface area contributed by atoms with Gasteiger partial charge in [-0.3, -0.25) is 4.79 Å². The van der Waals surface area contributed by atoms with Crippen molar-refractivity contribution in [2.45, 2.75) is 22.7 Å². The van der Waals surface area contributed by atoms with Crippen molar-refractivity contribution in [3.05, 3.63) is 28.2 Å². The minimum Gasteiger partial charge on any atom is -0.292 e. The highest BCUT2D eigenvalue weighted by Gasteiger charge is 2.33. The lowest BCUT2D eigenvalue weighted by Gasteiger charge is -2.12. The van der Waals surface area contributed by atoms with E-state index in [2.05, 4.69) is 15.9 Å². The largest absolute Gasteiger partial charge is 0.446 e. The number of ketones is 1. The van der Waals surface area contributed by atoms with Gasteiger partial charge in [0.1, 0.15) is 0 Å². The van der Waals surface area contributed by atoms with Gasteiger partial charge in [-0.05, 0) is 40.7 Å². The Labute approximate surface area is 114 Å². The molecular weight excluding hydrogens is 341 g/mol. The van der Waals surface area contributed by atoms with Crippen LogP contribution in [0.5, 0.6) is 0 Å². The fraction of sp³-hybridized carbons (Fsp3) is 0.300. The molecule has 0 fully saturated rings. The van der Waals surface area contributed by atoms with Crippen LogP contribution in [-0.4, -0.2) is 16.7 Å². The normalized spacial score (nSPS) is 13.5.